The van der Waals surface area contributed by atoms with E-state index in [1.54, 1.807) is 24.3 Å². The van der Waals surface area contributed by atoms with E-state index in [1.807, 2.05) is 30.3 Å². The molecule has 1 heterocycles. The maximum Gasteiger partial charge on any atom is 0.227 e. The summed E-state index contributed by atoms with van der Waals surface area (Å²) in [5, 5.41) is 0. The van der Waals surface area contributed by atoms with Crippen LogP contribution in [0.3, 0.4) is 0 Å². The van der Waals surface area contributed by atoms with Crippen molar-refractivity contribution in [2.75, 3.05) is 12.8 Å². The molecule has 1 amide bonds. The number of anilines is 1. The largest absolute Gasteiger partial charge is 0.467 e. The summed E-state index contributed by atoms with van der Waals surface area (Å²) < 4.78 is 5.21. The molecule has 4 heteroatoms. The number of carbonyl (C=O) groups is 1. The minimum atomic E-state index is 0.0179. The maximum atomic E-state index is 12.0. The third-order valence-electron chi connectivity index (χ3n) is 2.80. The van der Waals surface area contributed by atoms with E-state index in [0.717, 1.165) is 11.3 Å². The summed E-state index contributed by atoms with van der Waals surface area (Å²) in [6, 6.07) is 11.1. The van der Waals surface area contributed by atoms with Gasteiger partial charge >= 0.3 is 0 Å². The van der Waals surface area contributed by atoms with Gasteiger partial charge in [-0.3, -0.25) is 4.79 Å². The van der Waals surface area contributed by atoms with Gasteiger partial charge in [0.1, 0.15) is 5.76 Å². The second-order valence-electron chi connectivity index (χ2n) is 4.20. The molecule has 0 unspecified atom stereocenters. The monoisotopic (exact) mass is 244 g/mol. The Bertz CT molecular complexity index is 520. The molecule has 0 saturated carbocycles. The molecular weight excluding hydrogens is 228 g/mol. The normalized spacial score (nSPS) is 10.3. The van der Waals surface area contributed by atoms with E-state index in [0.29, 0.717) is 18.7 Å². The van der Waals surface area contributed by atoms with Gasteiger partial charge in [0, 0.05) is 12.7 Å². The zero-order valence-electron chi connectivity index (χ0n) is 10.3. The molecule has 0 bridgehead atoms. The molecule has 0 atom stereocenters. The third-order valence-corrected chi connectivity index (χ3v) is 2.80. The summed E-state index contributed by atoms with van der Waals surface area (Å²) in [6.07, 6.45) is 1.91. The van der Waals surface area contributed by atoms with Crippen molar-refractivity contribution in [1.29, 1.82) is 0 Å². The van der Waals surface area contributed by atoms with Crippen LogP contribution in [0.2, 0.25) is 0 Å². The highest BCUT2D eigenvalue weighted by atomic mass is 16.3. The predicted octanol–water partition coefficient (Wildman–Crippen LogP) is 2.06. The van der Waals surface area contributed by atoms with E-state index in [1.165, 1.54) is 0 Å². The van der Waals surface area contributed by atoms with E-state index >= 15 is 0 Å². The summed E-state index contributed by atoms with van der Waals surface area (Å²) in [5.41, 5.74) is 7.32. The number of nitrogens with two attached hydrogens (primary N) is 1. The highest BCUT2D eigenvalue weighted by molar-refractivity contribution is 5.80. The molecule has 4 nitrogen and oxygen atoms in total. The first kappa shape index (κ1) is 12.2. The predicted molar refractivity (Wildman–Crippen MR) is 69.7 cm³/mol. The molecular formula is C14H16N2O2. The molecule has 1 aromatic heterocycles. The van der Waals surface area contributed by atoms with Crippen molar-refractivity contribution in [3.05, 3.63) is 54.0 Å². The first-order valence-corrected chi connectivity index (χ1v) is 5.76. The van der Waals surface area contributed by atoms with E-state index in [2.05, 4.69) is 0 Å². The minimum Gasteiger partial charge on any atom is -0.467 e. The average molecular weight is 244 g/mol. The lowest BCUT2D eigenvalue weighted by Gasteiger charge is -2.16. The number of likely N-dealkylation sites (N-methyl/N-ethyl adjacent to an activating group) is 1. The lowest BCUT2D eigenvalue weighted by molar-refractivity contribution is -0.129. The number of hydrogen-bond acceptors (Lipinski definition) is 3. The van der Waals surface area contributed by atoms with Crippen molar-refractivity contribution in [2.24, 2.45) is 0 Å². The van der Waals surface area contributed by atoms with Crippen LogP contribution in [0, 0.1) is 0 Å². The summed E-state index contributed by atoms with van der Waals surface area (Å²) >= 11 is 0. The fraction of sp³-hybridized carbons (Fsp3) is 0.214. The Morgan fingerprint density at radius 1 is 1.28 bits per heavy atom. The topological polar surface area (TPSA) is 59.5 Å². The summed E-state index contributed by atoms with van der Waals surface area (Å²) in [6.45, 7) is 0.471. The van der Waals surface area contributed by atoms with Crippen molar-refractivity contribution in [3.63, 3.8) is 0 Å². The van der Waals surface area contributed by atoms with Crippen LogP contribution < -0.4 is 5.73 Å². The third kappa shape index (κ3) is 2.91. The fourth-order valence-corrected chi connectivity index (χ4v) is 1.72. The van der Waals surface area contributed by atoms with Crippen LogP contribution in [0.15, 0.2) is 47.1 Å². The number of rotatable bonds is 4. The Hall–Kier alpha value is -2.23. The van der Waals surface area contributed by atoms with Gasteiger partial charge in [-0.25, -0.2) is 0 Å². The first-order valence-electron chi connectivity index (χ1n) is 5.76. The number of furan rings is 1. The highest BCUT2D eigenvalue weighted by Gasteiger charge is 2.12. The number of amides is 1. The molecule has 0 radical (unpaired) electrons. The molecule has 0 saturated heterocycles. The number of benzene rings is 1. The van der Waals surface area contributed by atoms with Crippen LogP contribution in [0.5, 0.6) is 0 Å². The van der Waals surface area contributed by atoms with Crippen LogP contribution >= 0.6 is 0 Å². The van der Waals surface area contributed by atoms with E-state index < -0.39 is 0 Å². The smallest absolute Gasteiger partial charge is 0.227 e. The van der Waals surface area contributed by atoms with E-state index in [4.69, 9.17) is 10.2 Å². The maximum absolute atomic E-state index is 12.0. The van der Waals surface area contributed by atoms with Gasteiger partial charge in [0.2, 0.25) is 5.91 Å². The number of para-hydroxylation sites is 1. The second-order valence-corrected chi connectivity index (χ2v) is 4.20. The number of nitrogens with zero attached hydrogens (tertiary/aromatic N) is 1. The van der Waals surface area contributed by atoms with E-state index in [9.17, 15) is 4.79 Å². The molecule has 94 valence electrons. The zero-order chi connectivity index (χ0) is 13.0. The molecule has 2 aromatic rings. The molecule has 1 aromatic carbocycles. The summed E-state index contributed by atoms with van der Waals surface area (Å²) in [7, 11) is 1.75. The van der Waals surface area contributed by atoms with Crippen LogP contribution in [0.25, 0.3) is 0 Å². The minimum absolute atomic E-state index is 0.0179. The summed E-state index contributed by atoms with van der Waals surface area (Å²) in [5.74, 6) is 0.788. The van der Waals surface area contributed by atoms with Gasteiger partial charge in [0.05, 0.1) is 19.2 Å². The molecule has 0 aliphatic carbocycles. The molecule has 18 heavy (non-hydrogen) atoms. The SMILES string of the molecule is CN(Cc1ccco1)C(=O)Cc1ccccc1N. The van der Waals surface area contributed by atoms with Crippen LogP contribution in [0.1, 0.15) is 11.3 Å². The summed E-state index contributed by atoms with van der Waals surface area (Å²) in [4.78, 5) is 13.6. The van der Waals surface area contributed by atoms with Gasteiger partial charge in [0.25, 0.3) is 0 Å². The van der Waals surface area contributed by atoms with Crippen molar-refractivity contribution < 1.29 is 9.21 Å². The van der Waals surface area contributed by atoms with Crippen LogP contribution in [-0.4, -0.2) is 17.9 Å². The Balaban J connectivity index is 1.98. The molecule has 0 spiro atoms. The lowest BCUT2D eigenvalue weighted by atomic mass is 10.1. The van der Waals surface area contributed by atoms with Gasteiger partial charge < -0.3 is 15.1 Å². The zero-order valence-corrected chi connectivity index (χ0v) is 10.3. The Labute approximate surface area is 106 Å². The Morgan fingerprint density at radius 2 is 2.06 bits per heavy atom. The number of nitrogen functional groups attached to an aromatic ring is 1. The standard InChI is InChI=1S/C14H16N2O2/c1-16(10-12-6-4-8-18-12)14(17)9-11-5-2-3-7-13(11)15/h2-8H,9-10,15H2,1H3. The average Bonchev–Trinajstić information content (AvgIpc) is 2.84. The van der Waals surface area contributed by atoms with Gasteiger partial charge in [-0.1, -0.05) is 18.2 Å². The Morgan fingerprint density at radius 3 is 2.72 bits per heavy atom. The van der Waals surface area contributed by atoms with Crippen molar-refractivity contribution in [3.8, 4) is 0 Å². The van der Waals surface area contributed by atoms with E-state index in [-0.39, 0.29) is 5.91 Å². The first-order chi connectivity index (χ1) is 8.66. The van der Waals surface area contributed by atoms with Gasteiger partial charge in [0.15, 0.2) is 0 Å². The van der Waals surface area contributed by atoms with Gasteiger partial charge in [-0.15, -0.1) is 0 Å². The quantitative estimate of drug-likeness (QED) is 0.837. The van der Waals surface area contributed by atoms with Crippen LogP contribution in [-0.2, 0) is 17.8 Å². The van der Waals surface area contributed by atoms with Gasteiger partial charge in [-0.2, -0.15) is 0 Å². The van der Waals surface area contributed by atoms with Crippen LogP contribution in [0.4, 0.5) is 5.69 Å². The molecule has 2 rings (SSSR count). The molecule has 0 aliphatic heterocycles. The molecule has 0 fully saturated rings. The number of carbonyl (C=O) groups excluding carboxylic acids is 1. The molecule has 0 aliphatic rings. The molecule has 2 N–H and O–H groups in total. The van der Waals surface area contributed by atoms with Crippen molar-refractivity contribution in [1.82, 2.24) is 4.90 Å². The Kier molecular flexibility index (Phi) is 3.67. The highest BCUT2D eigenvalue weighted by Crippen LogP contribution is 2.13. The second kappa shape index (κ2) is 5.40. The van der Waals surface area contributed by atoms with Gasteiger partial charge in [-0.05, 0) is 23.8 Å². The van der Waals surface area contributed by atoms with Crippen molar-refractivity contribution >= 4 is 11.6 Å². The van der Waals surface area contributed by atoms with Crippen molar-refractivity contribution in [2.45, 2.75) is 13.0 Å². The lowest BCUT2D eigenvalue weighted by Crippen LogP contribution is -2.27. The fourth-order valence-electron chi connectivity index (χ4n) is 1.72. The number of hydrogen-bond donors (Lipinski definition) is 1.